The molecule has 0 aliphatic rings. The van der Waals surface area contributed by atoms with Crippen LogP contribution >= 0.6 is 7.82 Å². The Labute approximate surface area is 306 Å². The van der Waals surface area contributed by atoms with Crippen LogP contribution in [-0.2, 0) is 27.9 Å². The number of phosphoric acid groups is 1. The topological polar surface area (TPSA) is 94.1 Å². The first-order chi connectivity index (χ1) is 24.1. The minimum absolute atomic E-state index is 0.00972. The Kier molecular flexibility index (Phi) is 32.6. The van der Waals surface area contributed by atoms with Crippen molar-refractivity contribution >= 4 is 13.8 Å². The minimum atomic E-state index is -4.54. The van der Waals surface area contributed by atoms with Crippen molar-refractivity contribution < 1.29 is 37.3 Å². The molecule has 0 aromatic carbocycles. The van der Waals surface area contributed by atoms with Crippen molar-refractivity contribution in [2.75, 3.05) is 54.1 Å². The maximum Gasteiger partial charge on any atom is 0.306 e. The molecule has 0 spiro atoms. The van der Waals surface area contributed by atoms with Crippen molar-refractivity contribution in [3.63, 3.8) is 0 Å². The highest BCUT2D eigenvalue weighted by atomic mass is 31.2. The first-order valence-corrected chi connectivity index (χ1v) is 20.6. The van der Waals surface area contributed by atoms with Crippen molar-refractivity contribution in [3.05, 3.63) is 72.9 Å². The number of phosphoric ester groups is 1. The number of likely N-dealkylation sites (N-methyl/N-ethyl adjacent to an activating group) is 1. The lowest BCUT2D eigenvalue weighted by Gasteiger charge is -2.28. The molecule has 8 nitrogen and oxygen atoms in total. The Hall–Kier alpha value is -2.06. The number of unbranched alkanes of at least 4 members (excludes halogenated alkanes) is 8. The highest BCUT2D eigenvalue weighted by Gasteiger charge is 2.20. The van der Waals surface area contributed by atoms with Crippen molar-refractivity contribution in [2.45, 2.75) is 129 Å². The zero-order chi connectivity index (χ0) is 37.0. The Bertz CT molecular complexity index is 1030. The van der Waals surface area contributed by atoms with Gasteiger partial charge in [-0.1, -0.05) is 138 Å². The third-order valence-corrected chi connectivity index (χ3v) is 8.50. The van der Waals surface area contributed by atoms with Crippen molar-refractivity contribution in [3.8, 4) is 0 Å². The molecular formula is C41H72NO7P. The van der Waals surface area contributed by atoms with Gasteiger partial charge in [0.25, 0.3) is 7.82 Å². The Morgan fingerprint density at radius 2 is 1.12 bits per heavy atom. The van der Waals surface area contributed by atoms with Gasteiger partial charge >= 0.3 is 5.97 Å². The number of allylic oxidation sites excluding steroid dienone is 12. The van der Waals surface area contributed by atoms with E-state index >= 15 is 0 Å². The molecule has 2 unspecified atom stereocenters. The molecule has 0 saturated heterocycles. The molecule has 0 heterocycles. The minimum Gasteiger partial charge on any atom is -0.756 e. The molecule has 9 heteroatoms. The molecule has 0 radical (unpaired) electrons. The van der Waals surface area contributed by atoms with Crippen LogP contribution < -0.4 is 4.89 Å². The predicted octanol–water partition coefficient (Wildman–Crippen LogP) is 10.1. The zero-order valence-corrected chi connectivity index (χ0v) is 33.2. The number of hydrogen-bond acceptors (Lipinski definition) is 7. The number of quaternary nitrogens is 1. The van der Waals surface area contributed by atoms with Crippen LogP contribution in [0.2, 0.25) is 0 Å². The van der Waals surface area contributed by atoms with Crippen LogP contribution in [0.4, 0.5) is 0 Å². The molecule has 288 valence electrons. The van der Waals surface area contributed by atoms with E-state index in [2.05, 4.69) is 74.6 Å². The zero-order valence-electron chi connectivity index (χ0n) is 32.3. The summed E-state index contributed by atoms with van der Waals surface area (Å²) in [7, 11) is 1.30. The van der Waals surface area contributed by atoms with Crippen LogP contribution in [0.3, 0.4) is 0 Å². The monoisotopic (exact) mass is 722 g/mol. The average Bonchev–Trinajstić information content (AvgIpc) is 3.06. The fourth-order valence-corrected chi connectivity index (χ4v) is 5.30. The Morgan fingerprint density at radius 1 is 0.640 bits per heavy atom. The summed E-state index contributed by atoms with van der Waals surface area (Å²) >= 11 is 0. The summed E-state index contributed by atoms with van der Waals surface area (Å²) < 4.78 is 34.3. The standard InChI is InChI=1S/C41H72NO7P/c1-6-8-10-12-14-16-17-18-19-20-21-22-23-24-25-26-28-30-32-34-41(43)49-40(39-48-50(44,45)47-37-35-42(3,4)5)38-46-36-33-31-29-27-15-13-11-9-7-2/h8,10,14,16,18-19,21-22,24-25,28,30,40H,6-7,9,11-13,15,17,20,23,26-27,29,31-39H2,1-5H3/b10-8-,16-14-,19-18-,22-21-,25-24-,30-28-. The number of esters is 1. The summed E-state index contributed by atoms with van der Waals surface area (Å²) in [5.74, 6) is -0.420. The number of carbonyl (C=O) groups excluding carboxylic acids is 1. The lowest BCUT2D eigenvalue weighted by atomic mass is 10.1. The highest BCUT2D eigenvalue weighted by molar-refractivity contribution is 7.45. The van der Waals surface area contributed by atoms with Gasteiger partial charge in [-0.3, -0.25) is 9.36 Å². The summed E-state index contributed by atoms with van der Waals surface area (Å²) in [5, 5.41) is 0. The van der Waals surface area contributed by atoms with E-state index in [4.69, 9.17) is 18.5 Å². The molecule has 0 aliphatic heterocycles. The van der Waals surface area contributed by atoms with Gasteiger partial charge in [-0.15, -0.1) is 0 Å². The van der Waals surface area contributed by atoms with Gasteiger partial charge < -0.3 is 27.9 Å². The van der Waals surface area contributed by atoms with Crippen LogP contribution in [0.15, 0.2) is 72.9 Å². The van der Waals surface area contributed by atoms with Gasteiger partial charge in [0.2, 0.25) is 0 Å². The second-order valence-electron chi connectivity index (χ2n) is 13.6. The van der Waals surface area contributed by atoms with Gasteiger partial charge in [-0.25, -0.2) is 0 Å². The molecule has 0 rings (SSSR count). The summed E-state index contributed by atoms with van der Waals surface area (Å²) in [5.41, 5.74) is 0. The first kappa shape index (κ1) is 47.9. The van der Waals surface area contributed by atoms with Crippen LogP contribution in [0.5, 0.6) is 0 Å². The molecule has 0 aromatic rings. The SMILES string of the molecule is CC/C=C\C/C=C\C/C=C\C/C=C\C/C=C\C/C=C\CCC(=O)OC(COCCCCCCCCCCC)COP(=O)([O-])OCC[N+](C)(C)C. The van der Waals surface area contributed by atoms with Gasteiger partial charge in [0.15, 0.2) is 0 Å². The predicted molar refractivity (Wildman–Crippen MR) is 208 cm³/mol. The van der Waals surface area contributed by atoms with Crippen molar-refractivity contribution in [2.24, 2.45) is 0 Å². The molecule has 2 atom stereocenters. The first-order valence-electron chi connectivity index (χ1n) is 19.2. The third kappa shape index (κ3) is 37.2. The van der Waals surface area contributed by atoms with Gasteiger partial charge in [0.05, 0.1) is 34.4 Å². The third-order valence-electron chi connectivity index (χ3n) is 7.54. The van der Waals surface area contributed by atoms with E-state index in [0.29, 0.717) is 24.1 Å². The molecule has 0 aliphatic carbocycles. The van der Waals surface area contributed by atoms with Gasteiger partial charge in [-0.2, -0.15) is 0 Å². The number of hydrogen-bond donors (Lipinski definition) is 0. The maximum absolute atomic E-state index is 12.6. The normalized spacial score (nSPS) is 14.8. The summed E-state index contributed by atoms with van der Waals surface area (Å²) in [6.45, 7) is 5.14. The molecule has 0 fully saturated rings. The van der Waals surface area contributed by atoms with E-state index in [1.165, 1.54) is 44.9 Å². The van der Waals surface area contributed by atoms with Crippen LogP contribution in [-0.4, -0.2) is 70.7 Å². The van der Waals surface area contributed by atoms with E-state index in [1.807, 2.05) is 33.3 Å². The lowest BCUT2D eigenvalue weighted by molar-refractivity contribution is -0.870. The number of carbonyl (C=O) groups is 1. The van der Waals surface area contributed by atoms with Crippen molar-refractivity contribution in [1.82, 2.24) is 0 Å². The van der Waals surface area contributed by atoms with Gasteiger partial charge in [0.1, 0.15) is 19.3 Å². The van der Waals surface area contributed by atoms with E-state index in [0.717, 1.165) is 51.4 Å². The second kappa shape index (κ2) is 34.0. The van der Waals surface area contributed by atoms with E-state index < -0.39 is 19.9 Å². The summed E-state index contributed by atoms with van der Waals surface area (Å²) in [6, 6.07) is 0. The van der Waals surface area contributed by atoms with Gasteiger partial charge in [-0.05, 0) is 51.4 Å². The van der Waals surface area contributed by atoms with E-state index in [-0.39, 0.29) is 26.2 Å². The Balaban J connectivity index is 4.43. The highest BCUT2D eigenvalue weighted by Crippen LogP contribution is 2.38. The molecule has 0 amide bonds. The average molecular weight is 722 g/mol. The fraction of sp³-hybridized carbons (Fsp3) is 0.683. The van der Waals surface area contributed by atoms with Crippen LogP contribution in [0.1, 0.15) is 123 Å². The van der Waals surface area contributed by atoms with E-state index in [1.54, 1.807) is 0 Å². The smallest absolute Gasteiger partial charge is 0.306 e. The van der Waals surface area contributed by atoms with Crippen LogP contribution in [0.25, 0.3) is 0 Å². The van der Waals surface area contributed by atoms with E-state index in [9.17, 15) is 14.3 Å². The largest absolute Gasteiger partial charge is 0.756 e. The molecule has 0 N–H and O–H groups in total. The number of ether oxygens (including phenoxy) is 2. The number of nitrogens with zero attached hydrogens (tertiary/aromatic N) is 1. The summed E-state index contributed by atoms with van der Waals surface area (Å²) in [4.78, 5) is 24.9. The maximum atomic E-state index is 12.6. The van der Waals surface area contributed by atoms with Crippen molar-refractivity contribution in [1.29, 1.82) is 0 Å². The second-order valence-corrected chi connectivity index (χ2v) is 15.0. The summed E-state index contributed by atoms with van der Waals surface area (Å²) in [6.07, 6.45) is 42.2. The lowest BCUT2D eigenvalue weighted by Crippen LogP contribution is -2.37. The van der Waals surface area contributed by atoms with Crippen LogP contribution in [0, 0.1) is 0 Å². The fourth-order valence-electron chi connectivity index (χ4n) is 4.57. The van der Waals surface area contributed by atoms with Gasteiger partial charge in [0, 0.05) is 13.0 Å². The molecule has 0 saturated carbocycles. The molecular weight excluding hydrogens is 649 g/mol. The number of rotatable bonds is 34. The Morgan fingerprint density at radius 3 is 1.62 bits per heavy atom. The molecule has 50 heavy (non-hydrogen) atoms. The molecule has 0 aromatic heterocycles. The molecule has 0 bridgehead atoms. The quantitative estimate of drug-likeness (QED) is 0.0215.